The normalized spacial score (nSPS) is 10.6. The van der Waals surface area contributed by atoms with Gasteiger partial charge in [-0.25, -0.2) is 0 Å². The van der Waals surface area contributed by atoms with Crippen LogP contribution in [0.3, 0.4) is 0 Å². The molecule has 0 aliphatic heterocycles. The Labute approximate surface area is 139 Å². The Hall–Kier alpha value is 0.430. The largest absolute Gasteiger partial charge is 0.153 e. The molecule has 0 saturated heterocycles. The Morgan fingerprint density at radius 1 is 0.286 bits per heavy atom. The first-order valence-electron chi connectivity index (χ1n) is 9.91. The van der Waals surface area contributed by atoms with Gasteiger partial charge in [0.25, 0.3) is 0 Å². The van der Waals surface area contributed by atoms with Crippen LogP contribution in [0.4, 0.5) is 0 Å². The van der Waals surface area contributed by atoms with Gasteiger partial charge in [-0.05, 0) is 0 Å². The summed E-state index contributed by atoms with van der Waals surface area (Å²) in [5.74, 6) is 0. The van der Waals surface area contributed by atoms with Crippen molar-refractivity contribution in [3.63, 3.8) is 0 Å². The maximum absolute atomic E-state index is 2.30. The lowest BCUT2D eigenvalue weighted by atomic mass is 10.0. The van der Waals surface area contributed by atoms with Crippen molar-refractivity contribution >= 4 is 9.90 Å². The van der Waals surface area contributed by atoms with E-state index in [4.69, 9.17) is 0 Å². The molecule has 0 amide bonds. The summed E-state index contributed by atoms with van der Waals surface area (Å²) < 4.78 is 0. The lowest BCUT2D eigenvalue weighted by Gasteiger charge is -2.03. The van der Waals surface area contributed by atoms with Crippen molar-refractivity contribution < 1.29 is 0 Å². The second-order valence-electron chi connectivity index (χ2n) is 6.66. The Balaban J connectivity index is 0. The molecule has 1 heteroatoms. The van der Waals surface area contributed by atoms with Gasteiger partial charge in [0.05, 0.1) is 0 Å². The SMILES string of the molecule is CCCCCCCCCCCCCCCCCCCC.P. The van der Waals surface area contributed by atoms with E-state index in [1.807, 2.05) is 0 Å². The lowest BCUT2D eigenvalue weighted by Crippen LogP contribution is -1.83. The fraction of sp³-hybridized carbons (Fsp3) is 1.00. The van der Waals surface area contributed by atoms with E-state index in [1.54, 1.807) is 0 Å². The van der Waals surface area contributed by atoms with E-state index in [2.05, 4.69) is 13.8 Å². The minimum absolute atomic E-state index is 0. The third-order valence-corrected chi connectivity index (χ3v) is 4.46. The Morgan fingerprint density at radius 3 is 0.571 bits per heavy atom. The van der Waals surface area contributed by atoms with Gasteiger partial charge in [0.15, 0.2) is 0 Å². The molecule has 1 atom stereocenters. The van der Waals surface area contributed by atoms with Crippen molar-refractivity contribution in [1.29, 1.82) is 0 Å². The van der Waals surface area contributed by atoms with Crippen LogP contribution in [0.15, 0.2) is 0 Å². The number of unbranched alkanes of at least 4 members (excludes halogenated alkanes) is 17. The summed E-state index contributed by atoms with van der Waals surface area (Å²) in [6, 6.07) is 0. The third kappa shape index (κ3) is 22.8. The molecule has 21 heavy (non-hydrogen) atoms. The topological polar surface area (TPSA) is 0 Å². The van der Waals surface area contributed by atoms with E-state index in [9.17, 15) is 0 Å². The molecule has 0 N–H and O–H groups in total. The van der Waals surface area contributed by atoms with Crippen LogP contribution in [0, 0.1) is 0 Å². The molecule has 0 heterocycles. The smallest absolute Gasteiger partial charge is 0.0533 e. The molecule has 130 valence electrons. The zero-order valence-corrected chi connectivity index (χ0v) is 16.8. The molecule has 0 bridgehead atoms. The van der Waals surface area contributed by atoms with Crippen molar-refractivity contribution in [1.82, 2.24) is 0 Å². The summed E-state index contributed by atoms with van der Waals surface area (Å²) in [6.07, 6.45) is 26.4. The summed E-state index contributed by atoms with van der Waals surface area (Å²) in [7, 11) is 0. The minimum atomic E-state index is 0. The molecular formula is C20H45P. The molecule has 0 aromatic rings. The zero-order valence-electron chi connectivity index (χ0n) is 15.4. The highest BCUT2D eigenvalue weighted by atomic mass is 31.0. The van der Waals surface area contributed by atoms with Gasteiger partial charge in [-0.15, -0.1) is 0 Å². The van der Waals surface area contributed by atoms with Crippen LogP contribution in [0.5, 0.6) is 0 Å². The predicted octanol–water partition coefficient (Wildman–Crippen LogP) is 8.11. The van der Waals surface area contributed by atoms with E-state index < -0.39 is 0 Å². The average molecular weight is 317 g/mol. The van der Waals surface area contributed by atoms with Crippen molar-refractivity contribution in [2.75, 3.05) is 0 Å². The molecule has 0 spiro atoms. The van der Waals surface area contributed by atoms with Gasteiger partial charge in [-0.1, -0.05) is 129 Å². The predicted molar refractivity (Wildman–Crippen MR) is 106 cm³/mol. The van der Waals surface area contributed by atoms with Crippen LogP contribution < -0.4 is 0 Å². The van der Waals surface area contributed by atoms with Gasteiger partial charge in [0, 0.05) is 0 Å². The summed E-state index contributed by atoms with van der Waals surface area (Å²) in [5.41, 5.74) is 0. The maximum atomic E-state index is 2.30. The van der Waals surface area contributed by atoms with E-state index >= 15 is 0 Å². The van der Waals surface area contributed by atoms with Crippen LogP contribution in [-0.2, 0) is 0 Å². The fourth-order valence-electron chi connectivity index (χ4n) is 2.97. The van der Waals surface area contributed by atoms with E-state index in [0.717, 1.165) is 0 Å². The highest BCUT2D eigenvalue weighted by molar-refractivity contribution is 6.92. The van der Waals surface area contributed by atoms with Crippen molar-refractivity contribution in [3.05, 3.63) is 0 Å². The molecule has 0 aromatic heterocycles. The molecule has 0 rings (SSSR count). The third-order valence-electron chi connectivity index (χ3n) is 4.46. The number of hydrogen-bond donors (Lipinski definition) is 0. The van der Waals surface area contributed by atoms with E-state index in [0.29, 0.717) is 0 Å². The molecule has 0 fully saturated rings. The van der Waals surface area contributed by atoms with Crippen LogP contribution >= 0.6 is 9.90 Å². The Morgan fingerprint density at radius 2 is 0.429 bits per heavy atom. The van der Waals surface area contributed by atoms with Crippen LogP contribution in [0.2, 0.25) is 0 Å². The summed E-state index contributed by atoms with van der Waals surface area (Å²) >= 11 is 0. The van der Waals surface area contributed by atoms with Crippen LogP contribution in [-0.4, -0.2) is 0 Å². The Bertz CT molecular complexity index is 138. The molecule has 0 aliphatic carbocycles. The first-order chi connectivity index (χ1) is 9.91. The van der Waals surface area contributed by atoms with Crippen molar-refractivity contribution in [3.8, 4) is 0 Å². The van der Waals surface area contributed by atoms with Gasteiger partial charge in [0.2, 0.25) is 0 Å². The first kappa shape index (κ1) is 23.7. The molecule has 0 aromatic carbocycles. The second kappa shape index (κ2) is 22.7. The highest BCUT2D eigenvalue weighted by Gasteiger charge is 1.94. The summed E-state index contributed by atoms with van der Waals surface area (Å²) in [4.78, 5) is 0. The molecule has 0 aliphatic rings. The summed E-state index contributed by atoms with van der Waals surface area (Å²) in [5, 5.41) is 0. The zero-order chi connectivity index (χ0) is 14.7. The minimum Gasteiger partial charge on any atom is -0.153 e. The molecular weight excluding hydrogens is 271 g/mol. The van der Waals surface area contributed by atoms with E-state index in [1.165, 1.54) is 116 Å². The Kier molecular flexibility index (Phi) is 25.6. The molecule has 0 saturated carbocycles. The quantitative estimate of drug-likeness (QED) is 0.188. The van der Waals surface area contributed by atoms with Crippen molar-refractivity contribution in [2.45, 2.75) is 129 Å². The van der Waals surface area contributed by atoms with Crippen LogP contribution in [0.1, 0.15) is 129 Å². The second-order valence-corrected chi connectivity index (χ2v) is 6.66. The monoisotopic (exact) mass is 316 g/mol. The van der Waals surface area contributed by atoms with E-state index in [-0.39, 0.29) is 9.90 Å². The average Bonchev–Trinajstić information content (AvgIpc) is 2.47. The van der Waals surface area contributed by atoms with Crippen LogP contribution in [0.25, 0.3) is 0 Å². The standard InChI is InChI=1S/C20H42.H3P/c1-3-5-7-9-11-13-15-17-19-20-18-16-14-12-10-8-6-4-2;/h3-20H2,1-2H3;1H3. The van der Waals surface area contributed by atoms with Crippen molar-refractivity contribution in [2.24, 2.45) is 0 Å². The first-order valence-corrected chi connectivity index (χ1v) is 9.91. The molecule has 0 nitrogen and oxygen atoms in total. The summed E-state index contributed by atoms with van der Waals surface area (Å²) in [6.45, 7) is 4.59. The lowest BCUT2D eigenvalue weighted by molar-refractivity contribution is 0.526. The molecule has 1 unspecified atom stereocenters. The van der Waals surface area contributed by atoms with Gasteiger partial charge in [0.1, 0.15) is 0 Å². The van der Waals surface area contributed by atoms with Gasteiger partial charge >= 0.3 is 0 Å². The molecule has 0 radical (unpaired) electrons. The van der Waals surface area contributed by atoms with Gasteiger partial charge < -0.3 is 0 Å². The maximum Gasteiger partial charge on any atom is -0.0533 e. The number of hydrogen-bond acceptors (Lipinski definition) is 0. The highest BCUT2D eigenvalue weighted by Crippen LogP contribution is 2.14. The number of rotatable bonds is 17. The fourth-order valence-corrected chi connectivity index (χ4v) is 2.97. The van der Waals surface area contributed by atoms with Gasteiger partial charge in [-0.2, -0.15) is 9.90 Å². The van der Waals surface area contributed by atoms with Gasteiger partial charge in [-0.3, -0.25) is 0 Å².